The van der Waals surface area contributed by atoms with Crippen molar-refractivity contribution in [1.82, 2.24) is 14.9 Å². The number of aromatic nitrogens is 2. The van der Waals surface area contributed by atoms with Crippen LogP contribution in [0, 0.1) is 5.82 Å². The topological polar surface area (TPSA) is 42.2 Å². The number of fused-ring (bicyclic) bond motifs is 1. The Bertz CT molecular complexity index is 954. The van der Waals surface area contributed by atoms with E-state index in [-0.39, 0.29) is 12.1 Å². The minimum atomic E-state index is -4.49. The summed E-state index contributed by atoms with van der Waals surface area (Å²) in [6, 6.07) is 6.03. The molecule has 3 aromatic rings. The van der Waals surface area contributed by atoms with Crippen molar-refractivity contribution < 1.29 is 22.0 Å². The second kappa shape index (κ2) is 6.77. The van der Waals surface area contributed by atoms with Crippen molar-refractivity contribution >= 4 is 0 Å². The van der Waals surface area contributed by atoms with E-state index >= 15 is 0 Å². The van der Waals surface area contributed by atoms with Gasteiger partial charge in [0.25, 0.3) is 0 Å². The third-order valence-corrected chi connectivity index (χ3v) is 4.52. The molecule has 0 radical (unpaired) electrons. The summed E-state index contributed by atoms with van der Waals surface area (Å²) in [6.45, 7) is 1.11. The summed E-state index contributed by atoms with van der Waals surface area (Å²) in [5, 5.41) is 0. The molecule has 0 fully saturated rings. The Morgan fingerprint density at radius 2 is 2.04 bits per heavy atom. The van der Waals surface area contributed by atoms with Gasteiger partial charge in [0.15, 0.2) is 11.6 Å². The van der Waals surface area contributed by atoms with Crippen LogP contribution in [0.2, 0.25) is 0 Å². The highest BCUT2D eigenvalue weighted by atomic mass is 19.4. The highest BCUT2D eigenvalue weighted by molar-refractivity contribution is 5.47. The average molecular weight is 377 g/mol. The Morgan fingerprint density at radius 1 is 1.19 bits per heavy atom. The molecule has 0 unspecified atom stereocenters. The van der Waals surface area contributed by atoms with Gasteiger partial charge in [0, 0.05) is 43.4 Å². The summed E-state index contributed by atoms with van der Waals surface area (Å²) >= 11 is 0. The molecule has 0 bridgehead atoms. The number of furan rings is 1. The number of alkyl halides is 3. The van der Waals surface area contributed by atoms with Crippen LogP contribution < -0.4 is 0 Å². The van der Waals surface area contributed by atoms with E-state index in [9.17, 15) is 17.6 Å². The first-order valence-electron chi connectivity index (χ1n) is 8.37. The van der Waals surface area contributed by atoms with Gasteiger partial charge in [0.1, 0.15) is 5.82 Å². The summed E-state index contributed by atoms with van der Waals surface area (Å²) in [6.07, 6.45) is -0.655. The maximum Gasteiger partial charge on any atom is 0.416 e. The third kappa shape index (κ3) is 3.71. The molecule has 3 heterocycles. The molecule has 1 aliphatic heterocycles. The maximum atomic E-state index is 14.0. The molecule has 0 spiro atoms. The lowest BCUT2D eigenvalue weighted by Gasteiger charge is -2.28. The fourth-order valence-electron chi connectivity index (χ4n) is 3.15. The second-order valence-corrected chi connectivity index (χ2v) is 6.41. The van der Waals surface area contributed by atoms with Crippen LogP contribution in [-0.2, 0) is 25.7 Å². The second-order valence-electron chi connectivity index (χ2n) is 6.41. The van der Waals surface area contributed by atoms with Gasteiger partial charge in [-0.1, -0.05) is 0 Å². The summed E-state index contributed by atoms with van der Waals surface area (Å²) in [5.41, 5.74) is 0.935. The first-order valence-corrected chi connectivity index (χ1v) is 8.37. The van der Waals surface area contributed by atoms with Gasteiger partial charge in [-0.2, -0.15) is 13.2 Å². The fraction of sp³-hybridized carbons (Fsp3) is 0.263. The normalized spacial score (nSPS) is 15.0. The van der Waals surface area contributed by atoms with Crippen LogP contribution in [0.5, 0.6) is 0 Å². The zero-order valence-electron chi connectivity index (χ0n) is 14.1. The van der Waals surface area contributed by atoms with Crippen LogP contribution in [0.3, 0.4) is 0 Å². The highest BCUT2D eigenvalue weighted by Crippen LogP contribution is 2.31. The van der Waals surface area contributed by atoms with E-state index in [1.807, 2.05) is 4.90 Å². The van der Waals surface area contributed by atoms with E-state index in [1.165, 1.54) is 0 Å². The zero-order chi connectivity index (χ0) is 19.0. The van der Waals surface area contributed by atoms with Crippen LogP contribution in [-0.4, -0.2) is 21.4 Å². The molecule has 0 amide bonds. The molecule has 4 rings (SSSR count). The van der Waals surface area contributed by atoms with Gasteiger partial charge in [-0.15, -0.1) is 0 Å². The molecule has 4 nitrogen and oxygen atoms in total. The lowest BCUT2D eigenvalue weighted by atomic mass is 10.0. The smallest absolute Gasteiger partial charge is 0.416 e. The molecule has 0 saturated heterocycles. The van der Waals surface area contributed by atoms with E-state index in [0.29, 0.717) is 31.1 Å². The largest absolute Gasteiger partial charge is 0.461 e. The SMILES string of the molecule is Fc1ccc(C(F)(F)F)cc1CN1CCc2nc(-c3ccco3)ncc2C1. The first-order chi connectivity index (χ1) is 12.9. The summed E-state index contributed by atoms with van der Waals surface area (Å²) < 4.78 is 57.9. The molecule has 2 aromatic heterocycles. The predicted molar refractivity (Wildman–Crippen MR) is 89.0 cm³/mol. The van der Waals surface area contributed by atoms with E-state index in [4.69, 9.17) is 4.42 Å². The van der Waals surface area contributed by atoms with Gasteiger partial charge in [-0.3, -0.25) is 4.90 Å². The average Bonchev–Trinajstić information content (AvgIpc) is 3.17. The first kappa shape index (κ1) is 17.7. The Morgan fingerprint density at radius 3 is 2.78 bits per heavy atom. The lowest BCUT2D eigenvalue weighted by molar-refractivity contribution is -0.137. The van der Waals surface area contributed by atoms with Gasteiger partial charge in [0.05, 0.1) is 17.5 Å². The summed E-state index contributed by atoms with van der Waals surface area (Å²) in [7, 11) is 0. The van der Waals surface area contributed by atoms with Crippen molar-refractivity contribution in [1.29, 1.82) is 0 Å². The number of nitrogens with zero attached hydrogens (tertiary/aromatic N) is 3. The number of rotatable bonds is 3. The van der Waals surface area contributed by atoms with E-state index in [0.717, 1.165) is 29.5 Å². The minimum absolute atomic E-state index is 0.0291. The van der Waals surface area contributed by atoms with Gasteiger partial charge >= 0.3 is 6.18 Å². The number of hydrogen-bond donors (Lipinski definition) is 0. The zero-order valence-corrected chi connectivity index (χ0v) is 14.1. The molecule has 27 heavy (non-hydrogen) atoms. The number of benzene rings is 1. The van der Waals surface area contributed by atoms with Crippen molar-refractivity contribution in [3.8, 4) is 11.6 Å². The number of halogens is 4. The molecule has 8 heteroatoms. The van der Waals surface area contributed by atoms with Crippen LogP contribution in [0.1, 0.15) is 22.4 Å². The van der Waals surface area contributed by atoms with Gasteiger partial charge < -0.3 is 4.42 Å². The third-order valence-electron chi connectivity index (χ3n) is 4.52. The molecule has 0 aliphatic carbocycles. The maximum absolute atomic E-state index is 14.0. The molecule has 1 aliphatic rings. The van der Waals surface area contributed by atoms with Gasteiger partial charge in [-0.25, -0.2) is 14.4 Å². The van der Waals surface area contributed by atoms with E-state index in [2.05, 4.69) is 9.97 Å². The van der Waals surface area contributed by atoms with Crippen molar-refractivity contribution in [2.45, 2.75) is 25.7 Å². The summed E-state index contributed by atoms with van der Waals surface area (Å²) in [4.78, 5) is 10.7. The Balaban J connectivity index is 1.52. The molecule has 0 atom stereocenters. The van der Waals surface area contributed by atoms with Crippen molar-refractivity contribution in [2.24, 2.45) is 0 Å². The van der Waals surface area contributed by atoms with Crippen LogP contribution in [0.25, 0.3) is 11.6 Å². The lowest BCUT2D eigenvalue weighted by Crippen LogP contribution is -2.31. The molecule has 1 aromatic carbocycles. The molecular formula is C19H15F4N3O. The molecule has 0 saturated carbocycles. The fourth-order valence-corrected chi connectivity index (χ4v) is 3.15. The standard InChI is InChI=1S/C19H15F4N3O/c20-15-4-3-14(19(21,22)23)8-12(15)10-26-6-5-16-13(11-26)9-24-18(25-16)17-2-1-7-27-17/h1-4,7-9H,5-6,10-11H2. The van der Waals surface area contributed by atoms with Crippen molar-refractivity contribution in [3.05, 3.63) is 71.0 Å². The quantitative estimate of drug-likeness (QED) is 0.633. The Hall–Kier alpha value is -2.74. The highest BCUT2D eigenvalue weighted by Gasteiger charge is 2.31. The van der Waals surface area contributed by atoms with Crippen LogP contribution in [0.15, 0.2) is 47.2 Å². The molecular weight excluding hydrogens is 362 g/mol. The minimum Gasteiger partial charge on any atom is -0.461 e. The summed E-state index contributed by atoms with van der Waals surface area (Å²) in [5.74, 6) is 0.431. The van der Waals surface area contributed by atoms with E-state index in [1.54, 1.807) is 24.6 Å². The Labute approximate surface area is 152 Å². The van der Waals surface area contributed by atoms with Gasteiger partial charge in [0.2, 0.25) is 0 Å². The Kier molecular flexibility index (Phi) is 4.43. The molecule has 0 N–H and O–H groups in total. The van der Waals surface area contributed by atoms with Crippen LogP contribution >= 0.6 is 0 Å². The monoisotopic (exact) mass is 377 g/mol. The molecule has 140 valence electrons. The van der Waals surface area contributed by atoms with Crippen molar-refractivity contribution in [3.63, 3.8) is 0 Å². The van der Waals surface area contributed by atoms with Crippen LogP contribution in [0.4, 0.5) is 17.6 Å². The van der Waals surface area contributed by atoms with E-state index < -0.39 is 17.6 Å². The van der Waals surface area contributed by atoms with Crippen molar-refractivity contribution in [2.75, 3.05) is 6.54 Å². The number of hydrogen-bond acceptors (Lipinski definition) is 4. The predicted octanol–water partition coefficient (Wildman–Crippen LogP) is 4.45. The van der Waals surface area contributed by atoms with Gasteiger partial charge in [-0.05, 0) is 30.3 Å².